The third-order valence-electron chi connectivity index (χ3n) is 6.52. The minimum Gasteiger partial charge on any atom is -0.507 e. The van der Waals surface area contributed by atoms with Crippen molar-refractivity contribution in [3.8, 4) is 11.5 Å². The highest BCUT2D eigenvalue weighted by molar-refractivity contribution is 5.92. The van der Waals surface area contributed by atoms with Crippen LogP contribution in [0.25, 0.3) is 10.8 Å². The molecule has 2 N–H and O–H groups in total. The molecule has 0 aromatic heterocycles. The van der Waals surface area contributed by atoms with E-state index >= 15 is 0 Å². The maximum Gasteiger partial charge on any atom is 0.123 e. The Labute approximate surface area is 192 Å². The molecule has 0 radical (unpaired) electrons. The lowest BCUT2D eigenvalue weighted by Crippen LogP contribution is -2.49. The van der Waals surface area contributed by atoms with Crippen LogP contribution in [0.3, 0.4) is 0 Å². The molecule has 4 bridgehead atoms. The Morgan fingerprint density at radius 3 is 1.32 bits per heavy atom. The molecule has 2 nitrogen and oxygen atoms in total. The second-order valence-corrected chi connectivity index (χ2v) is 9.94. The first kappa shape index (κ1) is 27.3. The largest absolute Gasteiger partial charge is 0.507 e. The Kier molecular flexibility index (Phi) is 10.9. The molecule has 0 saturated heterocycles. The van der Waals surface area contributed by atoms with Crippen LogP contribution in [-0.4, -0.2) is 10.2 Å². The number of hydrogen-bond donors (Lipinski definition) is 2. The van der Waals surface area contributed by atoms with E-state index in [1.54, 1.807) is 68.5 Å². The molecule has 0 atom stereocenters. The molecule has 0 spiro atoms. The first-order valence-corrected chi connectivity index (χ1v) is 12.7. The summed E-state index contributed by atoms with van der Waals surface area (Å²) in [6.07, 6.45) is 10.6. The Morgan fingerprint density at radius 2 is 1.03 bits per heavy atom. The SMILES string of the molecule is CC.CC.CC12CC3CC(C1)CC(C)(C3)C2.CCC.Oc1cccc2c(O)cccc12. The maximum absolute atomic E-state index is 9.38. The molecule has 0 aliphatic heterocycles. The summed E-state index contributed by atoms with van der Waals surface area (Å²) >= 11 is 0. The third kappa shape index (κ3) is 7.16. The smallest absolute Gasteiger partial charge is 0.123 e. The first-order valence-electron chi connectivity index (χ1n) is 12.7. The van der Waals surface area contributed by atoms with Gasteiger partial charge in [0.25, 0.3) is 0 Å². The van der Waals surface area contributed by atoms with Crippen LogP contribution in [0, 0.1) is 22.7 Å². The number of aromatic hydroxyl groups is 2. The minimum atomic E-state index is 0.198. The molecule has 2 heteroatoms. The van der Waals surface area contributed by atoms with Gasteiger partial charge in [-0.1, -0.05) is 86.1 Å². The number of hydrogen-bond acceptors (Lipinski definition) is 2. The second kappa shape index (κ2) is 12.4. The average Bonchev–Trinajstić information content (AvgIpc) is 2.70. The van der Waals surface area contributed by atoms with Crippen LogP contribution in [-0.2, 0) is 0 Å². The predicted octanol–water partition coefficient (Wildman–Crippen LogP) is 9.33. The van der Waals surface area contributed by atoms with Gasteiger partial charge in [0, 0.05) is 10.8 Å². The third-order valence-corrected chi connectivity index (χ3v) is 6.52. The van der Waals surface area contributed by atoms with E-state index in [1.807, 2.05) is 27.7 Å². The van der Waals surface area contributed by atoms with E-state index in [4.69, 9.17) is 0 Å². The molecule has 0 amide bonds. The Balaban J connectivity index is 0.000000242. The molecular formula is C29H48O2. The molecule has 4 aliphatic rings. The van der Waals surface area contributed by atoms with Gasteiger partial charge in [-0.3, -0.25) is 0 Å². The van der Waals surface area contributed by atoms with Crippen molar-refractivity contribution < 1.29 is 10.2 Å². The number of benzene rings is 2. The standard InChI is InChI=1S/C12H20.C10H8O2.C3H8.2C2H6/c1-11-4-9-3-10(5-11)7-12(2,6-9)8-11;11-9-5-1-3-7-8(9)4-2-6-10(7)12;1-3-2;2*1-2/h9-10H,3-8H2,1-2H3;1-6,11-12H;3H2,1-2H3;2*1-2H3. The van der Waals surface area contributed by atoms with Gasteiger partial charge in [-0.05, 0) is 73.3 Å². The minimum absolute atomic E-state index is 0.198. The van der Waals surface area contributed by atoms with Gasteiger partial charge in [0.1, 0.15) is 11.5 Å². The summed E-state index contributed by atoms with van der Waals surface area (Å²) in [4.78, 5) is 0. The molecule has 2 aromatic carbocycles. The normalized spacial score (nSPS) is 29.2. The fourth-order valence-electron chi connectivity index (χ4n) is 6.50. The van der Waals surface area contributed by atoms with Crippen LogP contribution >= 0.6 is 0 Å². The number of phenols is 2. The zero-order chi connectivity index (χ0) is 23.7. The fraction of sp³-hybridized carbons (Fsp3) is 0.655. The Hall–Kier alpha value is -1.70. The second-order valence-electron chi connectivity index (χ2n) is 9.94. The average molecular weight is 429 g/mol. The van der Waals surface area contributed by atoms with Crippen LogP contribution in [0.4, 0.5) is 0 Å². The van der Waals surface area contributed by atoms with Crippen molar-refractivity contribution in [1.29, 1.82) is 0 Å². The summed E-state index contributed by atoms with van der Waals surface area (Å²) in [5, 5.41) is 20.1. The number of rotatable bonds is 0. The van der Waals surface area contributed by atoms with Gasteiger partial charge in [0.05, 0.1) is 0 Å². The zero-order valence-corrected chi connectivity index (χ0v) is 21.5. The van der Waals surface area contributed by atoms with Gasteiger partial charge in [-0.2, -0.15) is 0 Å². The quantitative estimate of drug-likeness (QED) is 0.439. The maximum atomic E-state index is 9.38. The monoisotopic (exact) mass is 428 g/mol. The predicted molar refractivity (Wildman–Crippen MR) is 137 cm³/mol. The van der Waals surface area contributed by atoms with Crippen molar-refractivity contribution in [2.75, 3.05) is 0 Å². The van der Waals surface area contributed by atoms with Crippen molar-refractivity contribution in [2.24, 2.45) is 22.7 Å². The van der Waals surface area contributed by atoms with E-state index in [1.165, 1.54) is 12.8 Å². The van der Waals surface area contributed by atoms with Gasteiger partial charge in [0.2, 0.25) is 0 Å². The zero-order valence-electron chi connectivity index (χ0n) is 21.5. The van der Waals surface area contributed by atoms with Crippen LogP contribution in [0.2, 0.25) is 0 Å². The molecule has 4 aliphatic carbocycles. The summed E-state index contributed by atoms with van der Waals surface area (Å²) in [7, 11) is 0. The lowest BCUT2D eigenvalue weighted by Gasteiger charge is -2.60. The lowest BCUT2D eigenvalue weighted by molar-refractivity contribution is -0.0920. The van der Waals surface area contributed by atoms with Crippen molar-refractivity contribution >= 4 is 10.8 Å². The summed E-state index contributed by atoms with van der Waals surface area (Å²) in [6.45, 7) is 17.3. The fourth-order valence-corrected chi connectivity index (χ4v) is 6.50. The van der Waals surface area contributed by atoms with E-state index in [9.17, 15) is 10.2 Å². The Bertz CT molecular complexity index is 704. The molecule has 4 fully saturated rings. The van der Waals surface area contributed by atoms with Crippen molar-refractivity contribution in [2.45, 2.75) is 100 Å². The molecule has 176 valence electrons. The van der Waals surface area contributed by atoms with Gasteiger partial charge >= 0.3 is 0 Å². The molecule has 0 heterocycles. The molecule has 4 saturated carbocycles. The van der Waals surface area contributed by atoms with Crippen LogP contribution < -0.4 is 0 Å². The molecular weight excluding hydrogens is 380 g/mol. The van der Waals surface area contributed by atoms with Crippen molar-refractivity contribution in [3.05, 3.63) is 36.4 Å². The molecule has 31 heavy (non-hydrogen) atoms. The number of phenolic OH excluding ortho intramolecular Hbond substituents is 2. The van der Waals surface area contributed by atoms with Crippen LogP contribution in [0.5, 0.6) is 11.5 Å². The van der Waals surface area contributed by atoms with Gasteiger partial charge in [0.15, 0.2) is 0 Å². The highest BCUT2D eigenvalue weighted by Gasteiger charge is 2.53. The van der Waals surface area contributed by atoms with E-state index in [0.717, 1.165) is 22.7 Å². The van der Waals surface area contributed by atoms with E-state index in [-0.39, 0.29) is 11.5 Å². The summed E-state index contributed by atoms with van der Waals surface area (Å²) in [5.74, 6) is 2.62. The van der Waals surface area contributed by atoms with Crippen LogP contribution in [0.1, 0.15) is 100 Å². The highest BCUT2D eigenvalue weighted by atomic mass is 16.3. The summed E-state index contributed by atoms with van der Waals surface area (Å²) in [5.41, 5.74) is 1.53. The topological polar surface area (TPSA) is 40.5 Å². The lowest BCUT2D eigenvalue weighted by atomic mass is 9.45. The highest BCUT2D eigenvalue weighted by Crippen LogP contribution is 2.64. The van der Waals surface area contributed by atoms with E-state index in [0.29, 0.717) is 10.8 Å². The van der Waals surface area contributed by atoms with Gasteiger partial charge < -0.3 is 10.2 Å². The van der Waals surface area contributed by atoms with Crippen LogP contribution in [0.15, 0.2) is 36.4 Å². The molecule has 2 aromatic rings. The van der Waals surface area contributed by atoms with Crippen molar-refractivity contribution in [1.82, 2.24) is 0 Å². The van der Waals surface area contributed by atoms with Crippen molar-refractivity contribution in [3.63, 3.8) is 0 Å². The summed E-state index contributed by atoms with van der Waals surface area (Å²) < 4.78 is 0. The molecule has 6 rings (SSSR count). The van der Waals surface area contributed by atoms with Gasteiger partial charge in [-0.25, -0.2) is 0 Å². The van der Waals surface area contributed by atoms with E-state index < -0.39 is 0 Å². The first-order chi connectivity index (χ1) is 14.8. The number of fused-ring (bicyclic) bond motifs is 1. The van der Waals surface area contributed by atoms with E-state index in [2.05, 4.69) is 27.7 Å². The molecule has 0 unspecified atom stereocenters. The van der Waals surface area contributed by atoms with Gasteiger partial charge in [-0.15, -0.1) is 0 Å². The summed E-state index contributed by atoms with van der Waals surface area (Å²) in [6, 6.07) is 10.1. The Morgan fingerprint density at radius 1 is 0.710 bits per heavy atom.